The van der Waals surface area contributed by atoms with Gasteiger partial charge in [0.1, 0.15) is 0 Å². The lowest BCUT2D eigenvalue weighted by atomic mass is 10.0. The van der Waals surface area contributed by atoms with Crippen LogP contribution in [0.5, 0.6) is 0 Å². The van der Waals surface area contributed by atoms with E-state index < -0.39 is 10.0 Å². The molecule has 0 unspecified atom stereocenters. The summed E-state index contributed by atoms with van der Waals surface area (Å²) in [7, 11) is -3.50. The van der Waals surface area contributed by atoms with Gasteiger partial charge in [0.25, 0.3) is 5.91 Å². The van der Waals surface area contributed by atoms with Gasteiger partial charge in [0.2, 0.25) is 10.0 Å². The molecule has 1 aliphatic heterocycles. The number of piperazine rings is 1. The van der Waals surface area contributed by atoms with Gasteiger partial charge in [-0.05, 0) is 36.1 Å². The molecule has 0 spiro atoms. The van der Waals surface area contributed by atoms with Gasteiger partial charge >= 0.3 is 0 Å². The molecule has 0 radical (unpaired) electrons. The fourth-order valence-corrected chi connectivity index (χ4v) is 4.79. The van der Waals surface area contributed by atoms with Crippen molar-refractivity contribution in [3.05, 3.63) is 65.2 Å². The second kappa shape index (κ2) is 10.2. The quantitative estimate of drug-likeness (QED) is 0.528. The van der Waals surface area contributed by atoms with Gasteiger partial charge in [-0.25, -0.2) is 13.8 Å². The van der Waals surface area contributed by atoms with E-state index in [2.05, 4.69) is 36.5 Å². The normalized spacial score (nSPS) is 16.1. The molecular formula is C23H30N4O3S. The van der Waals surface area contributed by atoms with Crippen molar-refractivity contribution in [2.75, 3.05) is 32.7 Å². The Labute approximate surface area is 184 Å². The van der Waals surface area contributed by atoms with Crippen molar-refractivity contribution in [3.8, 4) is 0 Å². The molecule has 0 aromatic heterocycles. The minimum atomic E-state index is -3.50. The zero-order valence-electron chi connectivity index (χ0n) is 18.3. The van der Waals surface area contributed by atoms with Crippen LogP contribution in [-0.4, -0.2) is 62.5 Å². The Balaban J connectivity index is 1.46. The Morgan fingerprint density at radius 1 is 1.03 bits per heavy atom. The van der Waals surface area contributed by atoms with Crippen LogP contribution in [0.2, 0.25) is 0 Å². The van der Waals surface area contributed by atoms with E-state index in [9.17, 15) is 13.2 Å². The van der Waals surface area contributed by atoms with Gasteiger partial charge in [0, 0.05) is 26.2 Å². The third-order valence-electron chi connectivity index (χ3n) is 5.36. The lowest BCUT2D eigenvalue weighted by Gasteiger charge is -2.33. The number of carbonyl (C=O) groups excluding carboxylic acids is 1. The van der Waals surface area contributed by atoms with Crippen LogP contribution in [0.1, 0.15) is 36.5 Å². The van der Waals surface area contributed by atoms with E-state index >= 15 is 0 Å². The smallest absolute Gasteiger partial charge is 0.254 e. The maximum Gasteiger partial charge on any atom is 0.254 e. The van der Waals surface area contributed by atoms with Gasteiger partial charge in [-0.1, -0.05) is 55.8 Å². The molecule has 1 fully saturated rings. The maximum absolute atomic E-state index is 12.8. The van der Waals surface area contributed by atoms with Crippen LogP contribution in [0.15, 0.2) is 58.5 Å². The molecule has 0 aliphatic carbocycles. The van der Waals surface area contributed by atoms with Crippen molar-refractivity contribution >= 4 is 22.1 Å². The van der Waals surface area contributed by atoms with Crippen LogP contribution in [0.25, 0.3) is 0 Å². The van der Waals surface area contributed by atoms with Crippen LogP contribution in [0.3, 0.4) is 0 Å². The lowest BCUT2D eigenvalue weighted by Crippen LogP contribution is -2.50. The largest absolute Gasteiger partial charge is 0.292 e. The van der Waals surface area contributed by atoms with Crippen molar-refractivity contribution in [2.24, 2.45) is 5.10 Å². The summed E-state index contributed by atoms with van der Waals surface area (Å²) in [5, 5.41) is 4.02. The summed E-state index contributed by atoms with van der Waals surface area (Å²) in [6.45, 7) is 8.10. The summed E-state index contributed by atoms with van der Waals surface area (Å²) < 4.78 is 27.0. The van der Waals surface area contributed by atoms with Crippen LogP contribution in [0, 0.1) is 6.92 Å². The first-order valence-corrected chi connectivity index (χ1v) is 11.9. The molecular weight excluding hydrogens is 412 g/mol. The fraction of sp³-hybridized carbons (Fsp3) is 0.391. The Bertz CT molecular complexity index is 1010. The summed E-state index contributed by atoms with van der Waals surface area (Å²) in [6, 6.07) is 14.9. The molecule has 2 aromatic rings. The maximum atomic E-state index is 12.8. The van der Waals surface area contributed by atoms with Gasteiger partial charge in [-0.15, -0.1) is 0 Å². The molecule has 1 aliphatic rings. The van der Waals surface area contributed by atoms with Gasteiger partial charge in [-0.2, -0.15) is 9.41 Å². The van der Waals surface area contributed by atoms with Gasteiger partial charge in [0.15, 0.2) is 0 Å². The number of aryl methyl sites for hydroxylation is 1. The van der Waals surface area contributed by atoms with E-state index in [1.807, 2.05) is 24.0 Å². The average molecular weight is 443 g/mol. The third kappa shape index (κ3) is 6.22. The van der Waals surface area contributed by atoms with Crippen LogP contribution in [0.4, 0.5) is 0 Å². The van der Waals surface area contributed by atoms with E-state index in [1.54, 1.807) is 30.5 Å². The van der Waals surface area contributed by atoms with E-state index in [0.717, 1.165) is 11.1 Å². The fourth-order valence-electron chi connectivity index (χ4n) is 3.37. The number of hydrogen-bond acceptors (Lipinski definition) is 5. The molecule has 166 valence electrons. The lowest BCUT2D eigenvalue weighted by molar-refractivity contribution is -0.122. The summed E-state index contributed by atoms with van der Waals surface area (Å²) >= 11 is 0. The second-order valence-electron chi connectivity index (χ2n) is 8.11. The highest BCUT2D eigenvalue weighted by molar-refractivity contribution is 7.89. The topological polar surface area (TPSA) is 82.1 Å². The van der Waals surface area contributed by atoms with Crippen molar-refractivity contribution in [1.29, 1.82) is 0 Å². The molecule has 1 heterocycles. The highest BCUT2D eigenvalue weighted by Gasteiger charge is 2.28. The molecule has 2 aromatic carbocycles. The number of rotatable bonds is 7. The molecule has 8 heteroatoms. The van der Waals surface area contributed by atoms with Gasteiger partial charge < -0.3 is 0 Å². The molecule has 1 amide bonds. The van der Waals surface area contributed by atoms with Crippen molar-refractivity contribution in [2.45, 2.75) is 31.6 Å². The van der Waals surface area contributed by atoms with E-state index in [1.165, 1.54) is 9.87 Å². The number of benzene rings is 2. The zero-order valence-corrected chi connectivity index (χ0v) is 19.1. The van der Waals surface area contributed by atoms with Crippen molar-refractivity contribution in [1.82, 2.24) is 14.6 Å². The number of carbonyl (C=O) groups is 1. The van der Waals surface area contributed by atoms with Crippen LogP contribution < -0.4 is 5.43 Å². The Morgan fingerprint density at radius 3 is 2.23 bits per heavy atom. The minimum absolute atomic E-state index is 0.183. The number of sulfonamides is 1. The summed E-state index contributed by atoms with van der Waals surface area (Å²) in [4.78, 5) is 14.4. The monoisotopic (exact) mass is 442 g/mol. The predicted molar refractivity (Wildman–Crippen MR) is 123 cm³/mol. The van der Waals surface area contributed by atoms with Crippen molar-refractivity contribution < 1.29 is 13.2 Å². The molecule has 0 atom stereocenters. The standard InChI is InChI=1S/C23H30N4O3S/c1-18(2)21-8-6-20(7-9-21)16-24-25-23(28)17-26-12-14-27(15-13-26)31(29,30)22-10-4-19(3)5-11-22/h4-11,16,18H,12-15,17H2,1-3H3,(H,25,28)/b24-16-. The Hall–Kier alpha value is -2.55. The molecule has 7 nitrogen and oxygen atoms in total. The number of hydrogen-bond donors (Lipinski definition) is 1. The molecule has 1 N–H and O–H groups in total. The number of amides is 1. The van der Waals surface area contributed by atoms with Crippen molar-refractivity contribution in [3.63, 3.8) is 0 Å². The van der Waals surface area contributed by atoms with E-state index in [4.69, 9.17) is 0 Å². The Kier molecular flexibility index (Phi) is 7.59. The SMILES string of the molecule is Cc1ccc(S(=O)(=O)N2CCN(CC(=O)N/N=C\c3ccc(C(C)C)cc3)CC2)cc1. The molecule has 0 saturated carbocycles. The first kappa shape index (κ1) is 23.1. The predicted octanol–water partition coefficient (Wildman–Crippen LogP) is 2.58. The summed E-state index contributed by atoms with van der Waals surface area (Å²) in [5.41, 5.74) is 5.73. The number of nitrogens with one attached hydrogen (secondary N) is 1. The van der Waals surface area contributed by atoms with Crippen LogP contribution >= 0.6 is 0 Å². The highest BCUT2D eigenvalue weighted by atomic mass is 32.2. The third-order valence-corrected chi connectivity index (χ3v) is 7.28. The zero-order chi connectivity index (χ0) is 22.4. The van der Waals surface area contributed by atoms with Crippen LogP contribution in [-0.2, 0) is 14.8 Å². The number of hydrazone groups is 1. The minimum Gasteiger partial charge on any atom is -0.292 e. The molecule has 31 heavy (non-hydrogen) atoms. The average Bonchev–Trinajstić information content (AvgIpc) is 2.75. The second-order valence-corrected chi connectivity index (χ2v) is 10.0. The Morgan fingerprint density at radius 2 is 1.65 bits per heavy atom. The first-order chi connectivity index (χ1) is 14.8. The van der Waals surface area contributed by atoms with Gasteiger partial charge in [0.05, 0.1) is 17.7 Å². The molecule has 0 bridgehead atoms. The highest BCUT2D eigenvalue weighted by Crippen LogP contribution is 2.18. The van der Waals surface area contributed by atoms with E-state index in [0.29, 0.717) is 37.0 Å². The molecule has 1 saturated heterocycles. The van der Waals surface area contributed by atoms with Gasteiger partial charge in [-0.3, -0.25) is 9.69 Å². The summed E-state index contributed by atoms with van der Waals surface area (Å²) in [6.07, 6.45) is 1.62. The number of nitrogens with zero attached hydrogens (tertiary/aromatic N) is 3. The first-order valence-electron chi connectivity index (χ1n) is 10.5. The molecule has 3 rings (SSSR count). The van der Waals surface area contributed by atoms with E-state index in [-0.39, 0.29) is 12.5 Å². The summed E-state index contributed by atoms with van der Waals surface area (Å²) in [5.74, 6) is 0.253.